The number of alkyl halides is 3. The van der Waals surface area contributed by atoms with Crippen LogP contribution in [-0.4, -0.2) is 23.2 Å². The molecule has 0 spiro atoms. The number of rotatable bonds is 1. The van der Waals surface area contributed by atoms with Crippen LogP contribution < -0.4 is 15.2 Å². The molecule has 0 saturated carbocycles. The van der Waals surface area contributed by atoms with Gasteiger partial charge in [-0.05, 0) is 18.2 Å². The van der Waals surface area contributed by atoms with Crippen LogP contribution in [-0.2, 0) is 4.79 Å². The molecule has 1 aliphatic heterocycles. The quantitative estimate of drug-likeness (QED) is 0.819. The van der Waals surface area contributed by atoms with Crippen molar-refractivity contribution in [1.82, 2.24) is 0 Å². The summed E-state index contributed by atoms with van der Waals surface area (Å²) in [6.45, 7) is 0. The highest BCUT2D eigenvalue weighted by molar-refractivity contribution is 5.93. The van der Waals surface area contributed by atoms with E-state index in [9.17, 15) is 18.0 Å². The molecule has 1 amide bonds. The normalized spacial score (nSPS) is 12.2. The van der Waals surface area contributed by atoms with Crippen molar-refractivity contribution in [2.24, 2.45) is 5.73 Å². The second-order valence-corrected chi connectivity index (χ2v) is 3.34. The Morgan fingerprint density at radius 2 is 1.60 bits per heavy atom. The first-order valence-corrected chi connectivity index (χ1v) is 4.94. The van der Waals surface area contributed by atoms with Crippen LogP contribution in [0.2, 0.25) is 0 Å². The number of aliphatic carboxylic acids is 1. The minimum atomic E-state index is -5.08. The van der Waals surface area contributed by atoms with Gasteiger partial charge in [-0.15, -0.1) is 0 Å². The third kappa shape index (κ3) is 4.19. The molecule has 0 unspecified atom stereocenters. The van der Waals surface area contributed by atoms with E-state index in [-0.39, 0.29) is 0 Å². The van der Waals surface area contributed by atoms with Crippen LogP contribution in [0.1, 0.15) is 10.4 Å². The van der Waals surface area contributed by atoms with E-state index < -0.39 is 18.1 Å². The summed E-state index contributed by atoms with van der Waals surface area (Å²) in [7, 11) is 0. The topological polar surface area (TPSA) is 98.9 Å². The minimum absolute atomic E-state index is 0.401. The fourth-order valence-corrected chi connectivity index (χ4v) is 1.05. The van der Waals surface area contributed by atoms with Crippen LogP contribution >= 0.6 is 0 Å². The number of primary amides is 1. The molecule has 0 bridgehead atoms. The van der Waals surface area contributed by atoms with Crippen molar-refractivity contribution < 1.29 is 37.3 Å². The van der Waals surface area contributed by atoms with E-state index in [1.807, 2.05) is 0 Å². The molecular weight excluding hydrogens is 283 g/mol. The van der Waals surface area contributed by atoms with Crippen molar-refractivity contribution in [1.29, 1.82) is 0 Å². The number of carboxylic acids is 1. The van der Waals surface area contributed by atoms with Gasteiger partial charge in [0, 0.05) is 5.56 Å². The first-order chi connectivity index (χ1) is 9.21. The third-order valence-corrected chi connectivity index (χ3v) is 1.92. The Labute approximate surface area is 110 Å². The maximum atomic E-state index is 10.8. The molecule has 6 nitrogen and oxygen atoms in total. The van der Waals surface area contributed by atoms with Gasteiger partial charge in [-0.3, -0.25) is 4.79 Å². The summed E-state index contributed by atoms with van der Waals surface area (Å²) in [4.78, 5) is 19.7. The van der Waals surface area contributed by atoms with Crippen molar-refractivity contribution in [2.45, 2.75) is 6.18 Å². The number of fused-ring (bicyclic) bond motifs is 1. The van der Waals surface area contributed by atoms with E-state index in [4.69, 9.17) is 25.1 Å². The highest BCUT2D eigenvalue weighted by atomic mass is 19.4. The van der Waals surface area contributed by atoms with Gasteiger partial charge in [0.25, 0.3) is 0 Å². The monoisotopic (exact) mass is 291 g/mol. The Bertz CT molecular complexity index is 553. The molecule has 0 aliphatic carbocycles. The van der Waals surface area contributed by atoms with Crippen LogP contribution in [0.25, 0.3) is 0 Å². The lowest BCUT2D eigenvalue weighted by Crippen LogP contribution is -2.21. The summed E-state index contributed by atoms with van der Waals surface area (Å²) in [5.41, 5.74) is 5.49. The number of nitrogens with two attached hydrogens (primary N) is 1. The molecule has 0 aromatic heterocycles. The van der Waals surface area contributed by atoms with Crippen LogP contribution in [0.5, 0.6) is 11.5 Å². The Morgan fingerprint density at radius 1 is 1.10 bits per heavy atom. The van der Waals surface area contributed by atoms with Crippen LogP contribution in [0, 0.1) is 0 Å². The molecule has 9 heteroatoms. The van der Waals surface area contributed by atoms with E-state index in [0.717, 1.165) is 0 Å². The van der Waals surface area contributed by atoms with Gasteiger partial charge in [0.2, 0.25) is 5.91 Å². The molecule has 0 fully saturated rings. The number of ether oxygens (including phenoxy) is 2. The second-order valence-electron chi connectivity index (χ2n) is 3.34. The zero-order chi connectivity index (χ0) is 15.3. The van der Waals surface area contributed by atoms with E-state index >= 15 is 0 Å². The number of carbonyl (C=O) groups is 2. The van der Waals surface area contributed by atoms with Crippen LogP contribution in [0.4, 0.5) is 13.2 Å². The molecule has 2 rings (SSSR count). The molecule has 3 N–H and O–H groups in total. The Balaban J connectivity index is 0.000000246. The average Bonchev–Trinajstić information content (AvgIpc) is 2.37. The number of carbonyl (C=O) groups excluding carboxylic acids is 1. The molecular formula is C11H8F3NO5. The van der Waals surface area contributed by atoms with Gasteiger partial charge in [-0.1, -0.05) is 0 Å². The summed E-state index contributed by atoms with van der Waals surface area (Å²) in [5.74, 6) is -2.17. The highest BCUT2D eigenvalue weighted by Gasteiger charge is 2.38. The van der Waals surface area contributed by atoms with E-state index in [0.29, 0.717) is 17.1 Å². The standard InChI is InChI=1S/C9H7NO3.C2HF3O2/c10-9(11)6-1-2-7-8(5-6)13-4-3-12-7;3-2(4,5)1(6)7/h1-5H,(H2,10,11);(H,6,7). The average molecular weight is 291 g/mol. The third-order valence-electron chi connectivity index (χ3n) is 1.92. The molecule has 1 heterocycles. The number of amides is 1. The predicted octanol–water partition coefficient (Wildman–Crippen LogP) is 1.66. The second kappa shape index (κ2) is 5.95. The van der Waals surface area contributed by atoms with Gasteiger partial charge in [0.1, 0.15) is 12.5 Å². The van der Waals surface area contributed by atoms with Gasteiger partial charge in [0.15, 0.2) is 11.5 Å². The molecule has 0 atom stereocenters. The van der Waals surface area contributed by atoms with Crippen LogP contribution in [0.3, 0.4) is 0 Å². The van der Waals surface area contributed by atoms with E-state index in [2.05, 4.69) is 0 Å². The maximum Gasteiger partial charge on any atom is 0.490 e. The summed E-state index contributed by atoms with van der Waals surface area (Å²) >= 11 is 0. The van der Waals surface area contributed by atoms with Crippen molar-refractivity contribution >= 4 is 11.9 Å². The molecule has 1 aliphatic rings. The van der Waals surface area contributed by atoms with Crippen molar-refractivity contribution in [2.75, 3.05) is 0 Å². The molecule has 1 aromatic rings. The largest absolute Gasteiger partial charge is 0.490 e. The Morgan fingerprint density at radius 3 is 2.05 bits per heavy atom. The lowest BCUT2D eigenvalue weighted by molar-refractivity contribution is -0.192. The zero-order valence-corrected chi connectivity index (χ0v) is 9.68. The summed E-state index contributed by atoms with van der Waals surface area (Å²) in [6.07, 6.45) is -2.26. The van der Waals surface area contributed by atoms with E-state index in [1.54, 1.807) is 18.2 Å². The van der Waals surface area contributed by atoms with Crippen molar-refractivity contribution in [3.05, 3.63) is 36.3 Å². The Kier molecular flexibility index (Phi) is 4.57. The molecule has 108 valence electrons. The lowest BCUT2D eigenvalue weighted by atomic mass is 10.2. The van der Waals surface area contributed by atoms with Crippen LogP contribution in [0.15, 0.2) is 30.7 Å². The fourth-order valence-electron chi connectivity index (χ4n) is 1.05. The SMILES string of the molecule is NC(=O)c1ccc2c(c1)OC=CO2.O=C(O)C(F)(F)F. The first-order valence-electron chi connectivity index (χ1n) is 4.94. The summed E-state index contributed by atoms with van der Waals surface area (Å²) < 4.78 is 41.9. The van der Waals surface area contributed by atoms with E-state index in [1.165, 1.54) is 12.5 Å². The smallest absolute Gasteiger partial charge is 0.475 e. The minimum Gasteiger partial charge on any atom is -0.475 e. The number of hydrogen-bond donors (Lipinski definition) is 2. The number of halogens is 3. The van der Waals surface area contributed by atoms with Gasteiger partial charge in [-0.2, -0.15) is 13.2 Å². The highest BCUT2D eigenvalue weighted by Crippen LogP contribution is 2.30. The number of carboxylic acid groups (broad SMARTS) is 1. The summed E-state index contributed by atoms with van der Waals surface area (Å²) in [6, 6.07) is 4.77. The van der Waals surface area contributed by atoms with Gasteiger partial charge in [-0.25, -0.2) is 4.79 Å². The first kappa shape index (κ1) is 15.3. The van der Waals surface area contributed by atoms with Gasteiger partial charge in [0.05, 0.1) is 0 Å². The zero-order valence-electron chi connectivity index (χ0n) is 9.68. The fraction of sp³-hybridized carbons (Fsp3) is 0.0909. The van der Waals surface area contributed by atoms with Crippen molar-refractivity contribution in [3.8, 4) is 11.5 Å². The lowest BCUT2D eigenvalue weighted by Gasteiger charge is -2.12. The summed E-state index contributed by atoms with van der Waals surface area (Å²) in [5, 5.41) is 7.12. The molecule has 0 saturated heterocycles. The Hall–Kier alpha value is -2.71. The molecule has 0 radical (unpaired) electrons. The number of benzene rings is 1. The predicted molar refractivity (Wildman–Crippen MR) is 59.0 cm³/mol. The van der Waals surface area contributed by atoms with Crippen molar-refractivity contribution in [3.63, 3.8) is 0 Å². The molecule has 20 heavy (non-hydrogen) atoms. The van der Waals surface area contributed by atoms with Gasteiger partial charge < -0.3 is 20.3 Å². The molecule has 1 aromatic carbocycles. The van der Waals surface area contributed by atoms with Gasteiger partial charge >= 0.3 is 12.1 Å². The number of hydrogen-bond acceptors (Lipinski definition) is 4. The maximum absolute atomic E-state index is 10.8.